The number of nitrogens with one attached hydrogen (secondary N) is 1. The van der Waals surface area contributed by atoms with Crippen LogP contribution in [0.1, 0.15) is 0 Å². The van der Waals surface area contributed by atoms with Gasteiger partial charge in [-0.2, -0.15) is 4.83 Å². The third-order valence-corrected chi connectivity index (χ3v) is 2.12. The molecule has 0 aromatic rings. The molecule has 1 unspecified atom stereocenters. The van der Waals surface area contributed by atoms with Crippen LogP contribution in [0.4, 0.5) is 0 Å². The summed E-state index contributed by atoms with van der Waals surface area (Å²) in [4.78, 5) is 2.91. The molecule has 1 aliphatic heterocycles. The number of rotatable bonds is 3. The molecule has 6 heteroatoms. The van der Waals surface area contributed by atoms with E-state index >= 15 is 0 Å². The van der Waals surface area contributed by atoms with Gasteiger partial charge >= 0.3 is 0 Å². The zero-order chi connectivity index (χ0) is 7.40. The Balaban J connectivity index is 2.13. The summed E-state index contributed by atoms with van der Waals surface area (Å²) in [5.41, 5.74) is 0. The van der Waals surface area contributed by atoms with E-state index in [1.54, 1.807) is 5.01 Å². The van der Waals surface area contributed by atoms with Gasteiger partial charge in [-0.25, -0.2) is 4.21 Å². The molecule has 0 bridgehead atoms. The fourth-order valence-electron chi connectivity index (χ4n) is 0.529. The third kappa shape index (κ3) is 2.70. The lowest BCUT2D eigenvalue weighted by Gasteiger charge is -2.12. The Morgan fingerprint density at radius 3 is 3.10 bits per heavy atom. The molecule has 2 N–H and O–H groups in total. The summed E-state index contributed by atoms with van der Waals surface area (Å²) in [6.45, 7) is 0.562. The molecule has 0 aromatic carbocycles. The summed E-state index contributed by atoms with van der Waals surface area (Å²) in [6.07, 6.45) is 1.83. The quantitative estimate of drug-likeness (QED) is 0.478. The van der Waals surface area contributed by atoms with E-state index < -0.39 is 11.1 Å². The van der Waals surface area contributed by atoms with Crippen molar-refractivity contribution in [3.63, 3.8) is 0 Å². The van der Waals surface area contributed by atoms with E-state index in [1.165, 1.54) is 11.9 Å². The van der Waals surface area contributed by atoms with Gasteiger partial charge in [0.15, 0.2) is 11.1 Å². The maximum atomic E-state index is 10.2. The van der Waals surface area contributed by atoms with Crippen molar-refractivity contribution in [2.75, 3.05) is 12.3 Å². The van der Waals surface area contributed by atoms with Crippen LogP contribution < -0.4 is 4.83 Å². The average molecular weight is 180 g/mol. The number of hydrogen-bond acceptors (Lipinski definition) is 4. The summed E-state index contributed by atoms with van der Waals surface area (Å²) in [5.74, 6) is 0.276. The van der Waals surface area contributed by atoms with E-state index in [0.717, 1.165) is 0 Å². The van der Waals surface area contributed by atoms with Crippen molar-refractivity contribution in [3.8, 4) is 0 Å². The Hall–Kier alpha value is -0.0400. The van der Waals surface area contributed by atoms with Gasteiger partial charge in [-0.15, -0.1) is 0 Å². The molecule has 1 rings (SSSR count). The standard InChI is InChI=1S/C4H8N2O2S2/c7-10(8)4-2-6-1-3-9-5-6/h1,3,5H,2,4H2,(H,7,8). The van der Waals surface area contributed by atoms with Gasteiger partial charge in [-0.1, -0.05) is 0 Å². The molecule has 1 heterocycles. The van der Waals surface area contributed by atoms with E-state index in [9.17, 15) is 4.21 Å². The lowest BCUT2D eigenvalue weighted by molar-refractivity contribution is 0.381. The van der Waals surface area contributed by atoms with E-state index in [0.29, 0.717) is 6.54 Å². The molecule has 0 radical (unpaired) electrons. The second-order valence-corrected chi connectivity index (χ2v) is 3.45. The second-order valence-electron chi connectivity index (χ2n) is 1.71. The van der Waals surface area contributed by atoms with E-state index in [-0.39, 0.29) is 5.75 Å². The van der Waals surface area contributed by atoms with Crippen molar-refractivity contribution >= 4 is 23.0 Å². The molecule has 1 atom stereocenters. The van der Waals surface area contributed by atoms with E-state index in [2.05, 4.69) is 4.83 Å². The summed E-state index contributed by atoms with van der Waals surface area (Å²) in [7, 11) is 0. The van der Waals surface area contributed by atoms with Crippen molar-refractivity contribution < 1.29 is 8.76 Å². The maximum absolute atomic E-state index is 10.2. The van der Waals surface area contributed by atoms with Crippen LogP contribution in [0.25, 0.3) is 0 Å². The van der Waals surface area contributed by atoms with Crippen LogP contribution in [0.15, 0.2) is 11.6 Å². The van der Waals surface area contributed by atoms with Gasteiger partial charge in [0.05, 0.1) is 5.75 Å². The topological polar surface area (TPSA) is 52.6 Å². The Bertz CT molecular complexity index is 161. The molecule has 1 aliphatic rings. The first kappa shape index (κ1) is 8.06. The Kier molecular flexibility index (Phi) is 3.20. The summed E-state index contributed by atoms with van der Waals surface area (Å²) in [5, 5.41) is 3.64. The predicted octanol–water partition coefficient (Wildman–Crippen LogP) is 0.148. The predicted molar refractivity (Wildman–Crippen MR) is 42.2 cm³/mol. The SMILES string of the molecule is O=S(O)CCN1C=CSN1. The van der Waals surface area contributed by atoms with Gasteiger partial charge in [0.2, 0.25) is 0 Å². The van der Waals surface area contributed by atoms with Crippen LogP contribution in [0.2, 0.25) is 0 Å². The van der Waals surface area contributed by atoms with Crippen LogP contribution >= 0.6 is 11.9 Å². The highest BCUT2D eigenvalue weighted by atomic mass is 32.2. The molecule has 0 aromatic heterocycles. The largest absolute Gasteiger partial charge is 0.306 e. The monoisotopic (exact) mass is 180 g/mol. The lowest BCUT2D eigenvalue weighted by Crippen LogP contribution is -2.28. The van der Waals surface area contributed by atoms with Crippen molar-refractivity contribution in [1.82, 2.24) is 9.84 Å². The van der Waals surface area contributed by atoms with E-state index in [1.807, 2.05) is 11.6 Å². The van der Waals surface area contributed by atoms with Crippen molar-refractivity contribution in [2.45, 2.75) is 0 Å². The molecular weight excluding hydrogens is 172 g/mol. The minimum atomic E-state index is -1.69. The minimum Gasteiger partial charge on any atom is -0.306 e. The highest BCUT2D eigenvalue weighted by Gasteiger charge is 2.04. The fourth-order valence-corrected chi connectivity index (χ4v) is 1.44. The Labute approximate surface area is 66.1 Å². The van der Waals surface area contributed by atoms with Gasteiger partial charge in [-0.05, 0) is 11.9 Å². The zero-order valence-electron chi connectivity index (χ0n) is 5.19. The van der Waals surface area contributed by atoms with E-state index in [4.69, 9.17) is 4.55 Å². The molecule has 58 valence electrons. The summed E-state index contributed by atoms with van der Waals surface area (Å²) in [6, 6.07) is 0. The van der Waals surface area contributed by atoms with Crippen LogP contribution in [0.3, 0.4) is 0 Å². The van der Waals surface area contributed by atoms with Crippen LogP contribution in [0, 0.1) is 0 Å². The van der Waals surface area contributed by atoms with Crippen molar-refractivity contribution in [3.05, 3.63) is 11.6 Å². The van der Waals surface area contributed by atoms with Gasteiger partial charge < -0.3 is 9.56 Å². The average Bonchev–Trinajstić information content (AvgIpc) is 2.34. The Morgan fingerprint density at radius 2 is 2.60 bits per heavy atom. The smallest absolute Gasteiger partial charge is 0.154 e. The molecule has 0 amide bonds. The Morgan fingerprint density at radius 1 is 1.80 bits per heavy atom. The minimum absolute atomic E-state index is 0.276. The molecule has 0 saturated carbocycles. The first-order valence-corrected chi connectivity index (χ1v) is 4.86. The summed E-state index contributed by atoms with van der Waals surface area (Å²) >= 11 is -0.238. The van der Waals surface area contributed by atoms with Crippen LogP contribution in [-0.2, 0) is 11.1 Å². The highest BCUT2D eigenvalue weighted by molar-refractivity contribution is 8.00. The molecule has 0 spiro atoms. The third-order valence-electron chi connectivity index (χ3n) is 0.986. The van der Waals surface area contributed by atoms with Gasteiger partial charge in [0, 0.05) is 18.2 Å². The number of hydrazine groups is 1. The first-order chi connectivity index (χ1) is 4.79. The summed E-state index contributed by atoms with van der Waals surface area (Å²) < 4.78 is 18.6. The molecule has 0 saturated heterocycles. The second kappa shape index (κ2) is 3.97. The molecule has 4 nitrogen and oxygen atoms in total. The van der Waals surface area contributed by atoms with Gasteiger partial charge in [-0.3, -0.25) is 0 Å². The number of nitrogens with zero attached hydrogens (tertiary/aromatic N) is 1. The van der Waals surface area contributed by atoms with Gasteiger partial charge in [0.25, 0.3) is 0 Å². The van der Waals surface area contributed by atoms with Crippen LogP contribution in [0.5, 0.6) is 0 Å². The first-order valence-electron chi connectivity index (χ1n) is 2.71. The molecule has 0 aliphatic carbocycles. The van der Waals surface area contributed by atoms with Gasteiger partial charge in [0.1, 0.15) is 0 Å². The van der Waals surface area contributed by atoms with Crippen molar-refractivity contribution in [2.24, 2.45) is 0 Å². The normalized spacial score (nSPS) is 19.9. The fraction of sp³-hybridized carbons (Fsp3) is 0.500. The molecular formula is C4H8N2O2S2. The molecule has 10 heavy (non-hydrogen) atoms. The molecule has 0 fully saturated rings. The van der Waals surface area contributed by atoms with Crippen LogP contribution in [-0.4, -0.2) is 26.1 Å². The lowest BCUT2D eigenvalue weighted by atomic mass is 10.7. The zero-order valence-corrected chi connectivity index (χ0v) is 6.82. The number of hydrogen-bond donors (Lipinski definition) is 2. The maximum Gasteiger partial charge on any atom is 0.154 e. The van der Waals surface area contributed by atoms with Crippen molar-refractivity contribution in [1.29, 1.82) is 0 Å². The highest BCUT2D eigenvalue weighted by Crippen LogP contribution is 2.06.